The zero-order chi connectivity index (χ0) is 14.5. The van der Waals surface area contributed by atoms with Gasteiger partial charge < -0.3 is 5.32 Å². The van der Waals surface area contributed by atoms with E-state index in [0.717, 1.165) is 18.5 Å². The van der Waals surface area contributed by atoms with Crippen LogP contribution in [-0.4, -0.2) is 30.6 Å². The molecule has 1 aliphatic heterocycles. The number of benzene rings is 1. The zero-order valence-electron chi connectivity index (χ0n) is 13.5. The van der Waals surface area contributed by atoms with Crippen molar-refractivity contribution in [2.45, 2.75) is 58.0 Å². The summed E-state index contributed by atoms with van der Waals surface area (Å²) in [5.41, 5.74) is 2.94. The Bertz CT molecular complexity index is 437. The van der Waals surface area contributed by atoms with Crippen molar-refractivity contribution in [3.05, 3.63) is 35.4 Å². The minimum absolute atomic E-state index is 0.719. The lowest BCUT2D eigenvalue weighted by Gasteiger charge is -2.33. The monoisotopic (exact) mass is 286 g/mol. The van der Waals surface area contributed by atoms with E-state index in [9.17, 15) is 0 Å². The summed E-state index contributed by atoms with van der Waals surface area (Å²) in [6, 6.07) is 9.58. The molecule has 1 unspecified atom stereocenters. The van der Waals surface area contributed by atoms with Crippen LogP contribution in [0, 0.1) is 12.8 Å². The average molecular weight is 286 g/mol. The first-order chi connectivity index (χ1) is 10.3. The number of hydrogen-bond acceptors (Lipinski definition) is 2. The second kappa shape index (κ2) is 7.42. The summed E-state index contributed by atoms with van der Waals surface area (Å²) in [6.07, 6.45) is 8.51. The molecule has 2 aliphatic rings. The summed E-state index contributed by atoms with van der Waals surface area (Å²) in [5.74, 6) is 0.913. The maximum atomic E-state index is 3.84. The molecule has 1 aliphatic carbocycles. The molecule has 116 valence electrons. The maximum Gasteiger partial charge on any atom is 0.0237 e. The van der Waals surface area contributed by atoms with Crippen molar-refractivity contribution >= 4 is 0 Å². The molecule has 1 heterocycles. The van der Waals surface area contributed by atoms with Gasteiger partial charge in [0.05, 0.1) is 0 Å². The van der Waals surface area contributed by atoms with Gasteiger partial charge in [0, 0.05) is 19.1 Å². The largest absolute Gasteiger partial charge is 0.312 e. The zero-order valence-corrected chi connectivity index (χ0v) is 13.5. The molecule has 0 bridgehead atoms. The molecule has 0 amide bonds. The molecule has 21 heavy (non-hydrogen) atoms. The third kappa shape index (κ3) is 4.08. The van der Waals surface area contributed by atoms with Crippen LogP contribution in [0.2, 0.25) is 0 Å². The Hall–Kier alpha value is -0.860. The molecule has 1 aromatic carbocycles. The van der Waals surface area contributed by atoms with Crippen LogP contribution in [0.15, 0.2) is 24.3 Å². The Balaban J connectivity index is 1.63. The Morgan fingerprint density at radius 1 is 1.10 bits per heavy atom. The van der Waals surface area contributed by atoms with Crippen molar-refractivity contribution in [2.75, 3.05) is 19.6 Å². The van der Waals surface area contributed by atoms with Gasteiger partial charge in [-0.2, -0.15) is 0 Å². The minimum Gasteiger partial charge on any atom is -0.312 e. The maximum absolute atomic E-state index is 3.84. The van der Waals surface area contributed by atoms with E-state index in [0.29, 0.717) is 0 Å². The molecule has 2 fully saturated rings. The standard InChI is InChI=1S/C19H30N2/c1-16-8-5-6-11-18(16)14-21-13-7-12-20-19(15-21)17-9-3-2-4-10-17/h5-6,8,11,17,19-20H,2-4,7,9-10,12-15H2,1H3. The fourth-order valence-electron chi connectivity index (χ4n) is 4.05. The third-order valence-corrected chi connectivity index (χ3v) is 5.39. The molecule has 2 nitrogen and oxygen atoms in total. The number of nitrogens with one attached hydrogen (secondary N) is 1. The van der Waals surface area contributed by atoms with Crippen molar-refractivity contribution in [1.29, 1.82) is 0 Å². The number of aryl methyl sites for hydroxylation is 1. The van der Waals surface area contributed by atoms with Crippen molar-refractivity contribution in [1.82, 2.24) is 10.2 Å². The Labute approximate surface area is 129 Å². The number of hydrogen-bond donors (Lipinski definition) is 1. The summed E-state index contributed by atoms with van der Waals surface area (Å²) in [7, 11) is 0. The minimum atomic E-state index is 0.719. The highest BCUT2D eigenvalue weighted by Crippen LogP contribution is 2.28. The van der Waals surface area contributed by atoms with Crippen LogP contribution in [0.4, 0.5) is 0 Å². The predicted octanol–water partition coefficient (Wildman–Crippen LogP) is 3.74. The van der Waals surface area contributed by atoms with Gasteiger partial charge in [-0.3, -0.25) is 4.90 Å². The van der Waals surface area contributed by atoms with Gasteiger partial charge in [0.1, 0.15) is 0 Å². The average Bonchev–Trinajstić information content (AvgIpc) is 2.76. The number of nitrogens with zero attached hydrogens (tertiary/aromatic N) is 1. The van der Waals surface area contributed by atoms with Gasteiger partial charge in [0.2, 0.25) is 0 Å². The Morgan fingerprint density at radius 3 is 2.71 bits per heavy atom. The SMILES string of the molecule is Cc1ccccc1CN1CCCNC(C2CCCCC2)C1. The quantitative estimate of drug-likeness (QED) is 0.910. The molecule has 2 heteroatoms. The molecule has 1 aromatic rings. The molecular weight excluding hydrogens is 256 g/mol. The van der Waals surface area contributed by atoms with Crippen LogP contribution >= 0.6 is 0 Å². The van der Waals surface area contributed by atoms with E-state index in [1.807, 2.05) is 0 Å². The van der Waals surface area contributed by atoms with Gasteiger partial charge in [0.15, 0.2) is 0 Å². The summed E-state index contributed by atoms with van der Waals surface area (Å²) < 4.78 is 0. The van der Waals surface area contributed by atoms with E-state index in [-0.39, 0.29) is 0 Å². The lowest BCUT2D eigenvalue weighted by atomic mass is 9.83. The van der Waals surface area contributed by atoms with Crippen LogP contribution in [0.1, 0.15) is 49.7 Å². The summed E-state index contributed by atoms with van der Waals surface area (Å²) >= 11 is 0. The van der Waals surface area contributed by atoms with E-state index in [4.69, 9.17) is 0 Å². The smallest absolute Gasteiger partial charge is 0.0237 e. The van der Waals surface area contributed by atoms with Crippen molar-refractivity contribution in [3.8, 4) is 0 Å². The normalized spacial score (nSPS) is 25.7. The molecule has 0 spiro atoms. The van der Waals surface area contributed by atoms with Gasteiger partial charge >= 0.3 is 0 Å². The topological polar surface area (TPSA) is 15.3 Å². The highest BCUT2D eigenvalue weighted by atomic mass is 15.2. The van der Waals surface area contributed by atoms with E-state index >= 15 is 0 Å². The van der Waals surface area contributed by atoms with Crippen LogP contribution in [-0.2, 0) is 6.54 Å². The molecule has 1 N–H and O–H groups in total. The van der Waals surface area contributed by atoms with E-state index in [2.05, 4.69) is 41.4 Å². The first-order valence-electron chi connectivity index (χ1n) is 8.83. The Morgan fingerprint density at radius 2 is 1.90 bits per heavy atom. The predicted molar refractivity (Wildman–Crippen MR) is 89.4 cm³/mol. The highest BCUT2D eigenvalue weighted by Gasteiger charge is 2.26. The van der Waals surface area contributed by atoms with Crippen LogP contribution in [0.25, 0.3) is 0 Å². The lowest BCUT2D eigenvalue weighted by Crippen LogP contribution is -2.43. The van der Waals surface area contributed by atoms with Gasteiger partial charge in [-0.15, -0.1) is 0 Å². The second-order valence-corrected chi connectivity index (χ2v) is 6.97. The molecule has 1 saturated carbocycles. The van der Waals surface area contributed by atoms with Crippen molar-refractivity contribution in [2.24, 2.45) is 5.92 Å². The first kappa shape index (κ1) is 15.1. The summed E-state index contributed by atoms with van der Waals surface area (Å²) in [4.78, 5) is 2.68. The van der Waals surface area contributed by atoms with Gasteiger partial charge in [0.25, 0.3) is 0 Å². The van der Waals surface area contributed by atoms with Gasteiger partial charge in [-0.25, -0.2) is 0 Å². The van der Waals surface area contributed by atoms with Crippen LogP contribution < -0.4 is 5.32 Å². The highest BCUT2D eigenvalue weighted by molar-refractivity contribution is 5.25. The van der Waals surface area contributed by atoms with E-state index < -0.39 is 0 Å². The molecule has 3 rings (SSSR count). The van der Waals surface area contributed by atoms with Gasteiger partial charge in [-0.05, 0) is 56.3 Å². The summed E-state index contributed by atoms with van der Waals surface area (Å²) in [6.45, 7) is 7.04. The van der Waals surface area contributed by atoms with E-state index in [1.165, 1.54) is 69.3 Å². The third-order valence-electron chi connectivity index (χ3n) is 5.39. The molecule has 0 aromatic heterocycles. The first-order valence-corrected chi connectivity index (χ1v) is 8.83. The fraction of sp³-hybridized carbons (Fsp3) is 0.684. The Kier molecular flexibility index (Phi) is 5.32. The van der Waals surface area contributed by atoms with Gasteiger partial charge in [-0.1, -0.05) is 43.5 Å². The van der Waals surface area contributed by atoms with Crippen LogP contribution in [0.3, 0.4) is 0 Å². The van der Waals surface area contributed by atoms with Crippen LogP contribution in [0.5, 0.6) is 0 Å². The second-order valence-electron chi connectivity index (χ2n) is 6.97. The van der Waals surface area contributed by atoms with Crippen molar-refractivity contribution < 1.29 is 0 Å². The number of rotatable bonds is 3. The lowest BCUT2D eigenvalue weighted by molar-refractivity contribution is 0.201. The molecule has 1 atom stereocenters. The molecule has 0 radical (unpaired) electrons. The van der Waals surface area contributed by atoms with Crippen molar-refractivity contribution in [3.63, 3.8) is 0 Å². The molecular formula is C19H30N2. The fourth-order valence-corrected chi connectivity index (χ4v) is 4.05. The molecule has 1 saturated heterocycles. The van der Waals surface area contributed by atoms with E-state index in [1.54, 1.807) is 0 Å². The summed E-state index contributed by atoms with van der Waals surface area (Å²) in [5, 5.41) is 3.84.